The number of aryl methyl sites for hydroxylation is 1. The molecule has 0 radical (unpaired) electrons. The molecule has 9 heteroatoms. The molecule has 2 saturated heterocycles. The Kier molecular flexibility index (Phi) is 6.91. The van der Waals surface area contributed by atoms with Crippen molar-refractivity contribution in [3.8, 4) is 0 Å². The van der Waals surface area contributed by atoms with Crippen LogP contribution in [-0.4, -0.2) is 68.6 Å². The van der Waals surface area contributed by atoms with Gasteiger partial charge in [-0.1, -0.05) is 17.7 Å². The van der Waals surface area contributed by atoms with Crippen molar-refractivity contribution in [1.82, 2.24) is 9.80 Å². The molecule has 1 aromatic carbocycles. The molecule has 1 spiro atoms. The molecule has 8 nitrogen and oxygen atoms in total. The first kappa shape index (κ1) is 24.5. The Morgan fingerprint density at radius 2 is 1.75 bits per heavy atom. The predicted octanol–water partition coefficient (Wildman–Crippen LogP) is 3.34. The summed E-state index contributed by atoms with van der Waals surface area (Å²) < 4.78 is 35.5. The van der Waals surface area contributed by atoms with Crippen LogP contribution in [-0.2, 0) is 23.8 Å². The third-order valence-corrected chi connectivity index (χ3v) is 7.65. The number of amides is 2. The third kappa shape index (κ3) is 5.43. The maximum atomic E-state index is 13.0. The standard InChI is InChI=1S/C23H34N2O6S/c1-17-6-8-19(9-7-17)32(28,29)30-15-10-18-16-23(20(26)24(18)5)11-13-25(14-12-23)21(27)31-22(2,3)4/h6-9,18H,10-16H2,1-5H3/t18-/m0/s1. The van der Waals surface area contributed by atoms with E-state index < -0.39 is 21.1 Å². The number of ether oxygens (including phenoxy) is 1. The molecule has 2 amide bonds. The van der Waals surface area contributed by atoms with Gasteiger partial charge in [0, 0.05) is 26.2 Å². The Labute approximate surface area is 191 Å². The van der Waals surface area contributed by atoms with Gasteiger partial charge in [-0.15, -0.1) is 0 Å². The van der Waals surface area contributed by atoms with Crippen molar-refractivity contribution in [2.75, 3.05) is 26.7 Å². The first-order chi connectivity index (χ1) is 14.8. The molecule has 0 bridgehead atoms. The average molecular weight is 467 g/mol. The minimum absolute atomic E-state index is 0.0125. The molecule has 0 aliphatic carbocycles. The second kappa shape index (κ2) is 9.02. The highest BCUT2D eigenvalue weighted by Crippen LogP contribution is 2.45. The van der Waals surface area contributed by atoms with Gasteiger partial charge in [0.1, 0.15) is 5.60 Å². The van der Waals surface area contributed by atoms with Crippen LogP contribution < -0.4 is 0 Å². The van der Waals surface area contributed by atoms with Crippen LogP contribution in [0, 0.1) is 12.3 Å². The monoisotopic (exact) mass is 466 g/mol. The smallest absolute Gasteiger partial charge is 0.410 e. The fourth-order valence-corrected chi connectivity index (χ4v) is 5.36. The Morgan fingerprint density at radius 1 is 1.16 bits per heavy atom. The zero-order valence-electron chi connectivity index (χ0n) is 19.6. The molecule has 2 aliphatic rings. The van der Waals surface area contributed by atoms with E-state index in [2.05, 4.69) is 0 Å². The topological polar surface area (TPSA) is 93.2 Å². The van der Waals surface area contributed by atoms with Crippen molar-refractivity contribution in [3.05, 3.63) is 29.8 Å². The SMILES string of the molecule is Cc1ccc(S(=O)(=O)OCC[C@H]2CC3(CCN(C(=O)OC(C)(C)C)CC3)C(=O)N2C)cc1. The summed E-state index contributed by atoms with van der Waals surface area (Å²) >= 11 is 0. The number of likely N-dealkylation sites (tertiary alicyclic amines) is 2. The fourth-order valence-electron chi connectivity index (χ4n) is 4.44. The van der Waals surface area contributed by atoms with Gasteiger partial charge in [-0.25, -0.2) is 4.79 Å². The number of carbonyl (C=O) groups is 2. The second-order valence-corrected chi connectivity index (χ2v) is 11.5. The summed E-state index contributed by atoms with van der Waals surface area (Å²) in [7, 11) is -2.07. The third-order valence-electron chi connectivity index (χ3n) is 6.32. The summed E-state index contributed by atoms with van der Waals surface area (Å²) in [6, 6.07) is 6.43. The van der Waals surface area contributed by atoms with E-state index in [-0.39, 0.29) is 29.5 Å². The Balaban J connectivity index is 1.55. The van der Waals surface area contributed by atoms with Crippen molar-refractivity contribution in [3.63, 3.8) is 0 Å². The molecule has 1 aromatic rings. The highest BCUT2D eigenvalue weighted by atomic mass is 32.2. The van der Waals surface area contributed by atoms with Crippen LogP contribution in [0.3, 0.4) is 0 Å². The number of piperidine rings is 1. The lowest BCUT2D eigenvalue weighted by Gasteiger charge is -2.38. The van der Waals surface area contributed by atoms with Crippen LogP contribution in [0.1, 0.15) is 52.0 Å². The van der Waals surface area contributed by atoms with Gasteiger partial charge in [-0.2, -0.15) is 8.42 Å². The van der Waals surface area contributed by atoms with E-state index in [0.29, 0.717) is 38.8 Å². The molecule has 3 rings (SSSR count). The minimum Gasteiger partial charge on any atom is -0.444 e. The van der Waals surface area contributed by atoms with E-state index in [1.54, 1.807) is 29.0 Å². The molecule has 0 saturated carbocycles. The van der Waals surface area contributed by atoms with E-state index in [4.69, 9.17) is 8.92 Å². The van der Waals surface area contributed by atoms with Crippen molar-refractivity contribution < 1.29 is 26.9 Å². The number of benzene rings is 1. The highest BCUT2D eigenvalue weighted by Gasteiger charge is 2.51. The number of nitrogens with zero attached hydrogens (tertiary/aromatic N) is 2. The van der Waals surface area contributed by atoms with Crippen molar-refractivity contribution in [2.45, 2.75) is 69.9 Å². The normalized spacial score (nSPS) is 21.3. The van der Waals surface area contributed by atoms with E-state index in [0.717, 1.165) is 5.56 Å². The summed E-state index contributed by atoms with van der Waals surface area (Å²) in [6.45, 7) is 8.34. The first-order valence-corrected chi connectivity index (χ1v) is 12.5. The van der Waals surface area contributed by atoms with Crippen molar-refractivity contribution in [1.29, 1.82) is 0 Å². The van der Waals surface area contributed by atoms with E-state index in [9.17, 15) is 18.0 Å². The van der Waals surface area contributed by atoms with Crippen LogP contribution in [0.5, 0.6) is 0 Å². The molecule has 1 atom stereocenters. The lowest BCUT2D eigenvalue weighted by molar-refractivity contribution is -0.137. The molecule has 32 heavy (non-hydrogen) atoms. The number of hydrogen-bond donors (Lipinski definition) is 0. The van der Waals surface area contributed by atoms with Gasteiger partial charge in [0.25, 0.3) is 10.1 Å². The van der Waals surface area contributed by atoms with Gasteiger partial charge in [0.2, 0.25) is 5.91 Å². The van der Waals surface area contributed by atoms with Gasteiger partial charge in [0.05, 0.1) is 16.9 Å². The first-order valence-electron chi connectivity index (χ1n) is 11.0. The lowest BCUT2D eigenvalue weighted by Crippen LogP contribution is -2.47. The maximum Gasteiger partial charge on any atom is 0.410 e. The van der Waals surface area contributed by atoms with Crippen LogP contribution >= 0.6 is 0 Å². The largest absolute Gasteiger partial charge is 0.444 e. The maximum absolute atomic E-state index is 13.0. The Morgan fingerprint density at radius 3 is 2.31 bits per heavy atom. The Bertz CT molecular complexity index is 944. The molecule has 0 aromatic heterocycles. The Hall–Kier alpha value is -2.13. The summed E-state index contributed by atoms with van der Waals surface area (Å²) in [4.78, 5) is 28.9. The second-order valence-electron chi connectivity index (χ2n) is 9.90. The molecular formula is C23H34N2O6S. The van der Waals surface area contributed by atoms with Gasteiger partial charge in [-0.05, 0) is 65.5 Å². The minimum atomic E-state index is -3.83. The van der Waals surface area contributed by atoms with Gasteiger partial charge < -0.3 is 14.5 Å². The quantitative estimate of drug-likeness (QED) is 0.618. The summed E-state index contributed by atoms with van der Waals surface area (Å²) in [5.74, 6) is 0.0627. The van der Waals surface area contributed by atoms with E-state index in [1.807, 2.05) is 27.7 Å². The van der Waals surface area contributed by atoms with Crippen molar-refractivity contribution >= 4 is 22.1 Å². The fraction of sp³-hybridized carbons (Fsp3) is 0.652. The van der Waals surface area contributed by atoms with E-state index >= 15 is 0 Å². The van der Waals surface area contributed by atoms with Crippen LogP contribution in [0.15, 0.2) is 29.2 Å². The molecule has 0 N–H and O–H groups in total. The molecule has 2 fully saturated rings. The zero-order chi connectivity index (χ0) is 23.7. The van der Waals surface area contributed by atoms with Crippen LogP contribution in [0.2, 0.25) is 0 Å². The van der Waals surface area contributed by atoms with Gasteiger partial charge >= 0.3 is 6.09 Å². The molecular weight excluding hydrogens is 432 g/mol. The molecule has 2 heterocycles. The van der Waals surface area contributed by atoms with Gasteiger partial charge in [0.15, 0.2) is 0 Å². The zero-order valence-corrected chi connectivity index (χ0v) is 20.4. The van der Waals surface area contributed by atoms with Crippen LogP contribution in [0.4, 0.5) is 4.79 Å². The number of rotatable bonds is 5. The predicted molar refractivity (Wildman–Crippen MR) is 120 cm³/mol. The lowest BCUT2D eigenvalue weighted by atomic mass is 9.76. The summed E-state index contributed by atoms with van der Waals surface area (Å²) in [5, 5.41) is 0. The summed E-state index contributed by atoms with van der Waals surface area (Å²) in [6.07, 6.45) is 1.88. The number of carbonyl (C=O) groups excluding carboxylic acids is 2. The highest BCUT2D eigenvalue weighted by molar-refractivity contribution is 7.86. The average Bonchev–Trinajstić information content (AvgIpc) is 2.92. The molecule has 2 aliphatic heterocycles. The summed E-state index contributed by atoms with van der Waals surface area (Å²) in [5.41, 5.74) is -0.0917. The van der Waals surface area contributed by atoms with Crippen LogP contribution in [0.25, 0.3) is 0 Å². The molecule has 0 unspecified atom stereocenters. The van der Waals surface area contributed by atoms with E-state index in [1.165, 1.54) is 12.1 Å². The van der Waals surface area contributed by atoms with Crippen molar-refractivity contribution in [2.24, 2.45) is 5.41 Å². The molecule has 178 valence electrons. The number of hydrogen-bond acceptors (Lipinski definition) is 6. The van der Waals surface area contributed by atoms with Gasteiger partial charge in [-0.3, -0.25) is 8.98 Å².